The molecule has 0 fully saturated rings. The highest BCUT2D eigenvalue weighted by atomic mass is 32.1. The first-order valence-electron chi connectivity index (χ1n) is 5.05. The van der Waals surface area contributed by atoms with Crippen molar-refractivity contribution < 1.29 is 0 Å². The van der Waals surface area contributed by atoms with Gasteiger partial charge in [0.25, 0.3) is 5.56 Å². The van der Waals surface area contributed by atoms with Crippen LogP contribution in [0.1, 0.15) is 12.6 Å². The first kappa shape index (κ1) is 11.5. The minimum Gasteiger partial charge on any atom is -0.374 e. The van der Waals surface area contributed by atoms with Crippen LogP contribution in [0.4, 0.5) is 5.00 Å². The lowest BCUT2D eigenvalue weighted by atomic mass is 10.4. The van der Waals surface area contributed by atoms with Gasteiger partial charge in [0.1, 0.15) is 10.7 Å². The lowest BCUT2D eigenvalue weighted by molar-refractivity contribution is 0.703. The second-order valence-corrected chi connectivity index (χ2v) is 4.07. The molecule has 0 bridgehead atoms. The van der Waals surface area contributed by atoms with Crippen molar-refractivity contribution in [2.75, 3.05) is 11.9 Å². The van der Waals surface area contributed by atoms with Gasteiger partial charge in [-0.2, -0.15) is 0 Å². The van der Waals surface area contributed by atoms with Crippen molar-refractivity contribution in [2.45, 2.75) is 13.5 Å². The van der Waals surface area contributed by atoms with Gasteiger partial charge in [-0.25, -0.2) is 4.79 Å². The summed E-state index contributed by atoms with van der Waals surface area (Å²) in [6.07, 6.45) is 1.44. The molecule has 2 heterocycles. The third kappa shape index (κ3) is 2.59. The van der Waals surface area contributed by atoms with E-state index in [-0.39, 0.29) is 6.54 Å². The lowest BCUT2D eigenvalue weighted by Crippen LogP contribution is -2.29. The van der Waals surface area contributed by atoms with E-state index in [1.54, 1.807) is 0 Å². The summed E-state index contributed by atoms with van der Waals surface area (Å²) in [5.74, 6) is 0. The van der Waals surface area contributed by atoms with E-state index >= 15 is 0 Å². The molecule has 0 unspecified atom stereocenters. The zero-order valence-electron chi connectivity index (χ0n) is 9.14. The Hall–Kier alpha value is -1.96. The second-order valence-electron chi connectivity index (χ2n) is 3.32. The van der Waals surface area contributed by atoms with Crippen LogP contribution in [-0.2, 0) is 6.54 Å². The fourth-order valence-corrected chi connectivity index (χ4v) is 1.98. The van der Waals surface area contributed by atoms with Crippen molar-refractivity contribution in [3.63, 3.8) is 0 Å². The number of rotatable bonds is 4. The highest BCUT2D eigenvalue weighted by Gasteiger charge is 2.08. The third-order valence-corrected chi connectivity index (χ3v) is 2.84. The number of hydrogen-bond donors (Lipinski definition) is 2. The molecule has 7 nitrogen and oxygen atoms in total. The molecule has 0 amide bonds. The van der Waals surface area contributed by atoms with Crippen LogP contribution >= 0.6 is 11.5 Å². The van der Waals surface area contributed by atoms with Crippen molar-refractivity contribution in [1.82, 2.24) is 19.1 Å². The number of anilines is 1. The van der Waals surface area contributed by atoms with Crippen LogP contribution in [0.2, 0.25) is 0 Å². The van der Waals surface area contributed by atoms with Crippen molar-refractivity contribution >= 4 is 16.5 Å². The van der Waals surface area contributed by atoms with E-state index in [4.69, 9.17) is 0 Å². The normalized spacial score (nSPS) is 10.4. The van der Waals surface area contributed by atoms with Gasteiger partial charge in [-0.1, -0.05) is 4.49 Å². The Kier molecular flexibility index (Phi) is 3.33. The summed E-state index contributed by atoms with van der Waals surface area (Å²) in [6, 6.07) is 1.30. The molecule has 0 aliphatic heterocycles. The van der Waals surface area contributed by atoms with Crippen LogP contribution in [0.15, 0.2) is 21.9 Å². The maximum atomic E-state index is 11.5. The van der Waals surface area contributed by atoms with Gasteiger partial charge in [0.05, 0.1) is 6.54 Å². The van der Waals surface area contributed by atoms with Crippen LogP contribution in [0.3, 0.4) is 0 Å². The van der Waals surface area contributed by atoms with Crippen LogP contribution in [-0.4, -0.2) is 25.7 Å². The van der Waals surface area contributed by atoms with Gasteiger partial charge in [0, 0.05) is 30.3 Å². The highest BCUT2D eigenvalue weighted by Crippen LogP contribution is 2.17. The zero-order chi connectivity index (χ0) is 12.3. The topological polar surface area (TPSA) is 92.7 Å². The molecule has 0 aliphatic rings. The van der Waals surface area contributed by atoms with E-state index in [9.17, 15) is 9.59 Å². The molecule has 0 saturated carbocycles. The minimum absolute atomic E-state index is 0.286. The molecule has 0 aromatic carbocycles. The Labute approximate surface area is 100 Å². The molecular weight excluding hydrogens is 242 g/mol. The fourth-order valence-electron chi connectivity index (χ4n) is 1.34. The molecule has 0 radical (unpaired) electrons. The van der Waals surface area contributed by atoms with Gasteiger partial charge in [0.15, 0.2) is 0 Å². The average molecular weight is 253 g/mol. The summed E-state index contributed by atoms with van der Waals surface area (Å²) < 4.78 is 5.20. The highest BCUT2D eigenvalue weighted by molar-refractivity contribution is 7.10. The number of aromatic amines is 1. The summed E-state index contributed by atoms with van der Waals surface area (Å²) in [7, 11) is 0. The quantitative estimate of drug-likeness (QED) is 0.791. The van der Waals surface area contributed by atoms with Crippen LogP contribution in [0.5, 0.6) is 0 Å². The van der Waals surface area contributed by atoms with Crippen molar-refractivity contribution in [1.29, 1.82) is 0 Å². The molecule has 0 atom stereocenters. The lowest BCUT2D eigenvalue weighted by Gasteiger charge is -2.04. The molecular formula is C9H11N5O2S. The van der Waals surface area contributed by atoms with Gasteiger partial charge in [-0.3, -0.25) is 14.3 Å². The van der Waals surface area contributed by atoms with E-state index in [0.29, 0.717) is 5.69 Å². The first-order chi connectivity index (χ1) is 8.20. The Morgan fingerprint density at radius 2 is 2.35 bits per heavy atom. The average Bonchev–Trinajstić information content (AvgIpc) is 2.71. The molecule has 90 valence electrons. The molecule has 17 heavy (non-hydrogen) atoms. The fraction of sp³-hybridized carbons (Fsp3) is 0.333. The summed E-state index contributed by atoms with van der Waals surface area (Å²) in [6.45, 7) is 3.02. The molecule has 2 aromatic rings. The molecule has 0 saturated heterocycles. The second kappa shape index (κ2) is 4.91. The smallest absolute Gasteiger partial charge is 0.328 e. The van der Waals surface area contributed by atoms with Gasteiger partial charge < -0.3 is 5.32 Å². The molecule has 8 heteroatoms. The molecule has 0 spiro atoms. The number of aromatic nitrogens is 4. The van der Waals surface area contributed by atoms with Crippen molar-refractivity contribution in [2.24, 2.45) is 0 Å². The van der Waals surface area contributed by atoms with E-state index < -0.39 is 11.2 Å². The Balaban J connectivity index is 2.28. The third-order valence-electron chi connectivity index (χ3n) is 2.11. The molecule has 2 aromatic heterocycles. The summed E-state index contributed by atoms with van der Waals surface area (Å²) >= 11 is 1.24. The van der Waals surface area contributed by atoms with Crippen molar-refractivity contribution in [3.05, 3.63) is 38.8 Å². The predicted molar refractivity (Wildman–Crippen MR) is 64.5 cm³/mol. The Morgan fingerprint density at radius 1 is 1.53 bits per heavy atom. The maximum Gasteiger partial charge on any atom is 0.328 e. The van der Waals surface area contributed by atoms with Gasteiger partial charge in [-0.05, 0) is 6.92 Å². The number of hydrogen-bond acceptors (Lipinski definition) is 6. The monoisotopic (exact) mass is 253 g/mol. The maximum absolute atomic E-state index is 11.5. The SMILES string of the molecule is CCNc1snnc1Cn1ccc(=O)[nH]c1=O. The van der Waals surface area contributed by atoms with Gasteiger partial charge in [-0.15, -0.1) is 5.10 Å². The summed E-state index contributed by atoms with van der Waals surface area (Å²) in [5, 5.41) is 7.90. The summed E-state index contributed by atoms with van der Waals surface area (Å²) in [5.41, 5.74) is -0.173. The van der Waals surface area contributed by atoms with E-state index in [2.05, 4.69) is 19.9 Å². The van der Waals surface area contributed by atoms with Crippen LogP contribution in [0.25, 0.3) is 0 Å². The first-order valence-corrected chi connectivity index (χ1v) is 5.83. The molecule has 2 rings (SSSR count). The zero-order valence-corrected chi connectivity index (χ0v) is 9.95. The Bertz CT molecular complexity index is 614. The number of nitrogens with one attached hydrogen (secondary N) is 2. The summed E-state index contributed by atoms with van der Waals surface area (Å²) in [4.78, 5) is 24.6. The standard InChI is InChI=1S/C9H11N5O2S/c1-2-10-8-6(12-13-17-8)5-14-4-3-7(15)11-9(14)16/h3-4,10H,2,5H2,1H3,(H,11,15,16). The number of nitrogens with zero attached hydrogens (tertiary/aromatic N) is 3. The van der Waals surface area contributed by atoms with Crippen molar-refractivity contribution in [3.8, 4) is 0 Å². The van der Waals surface area contributed by atoms with Crippen LogP contribution < -0.4 is 16.6 Å². The van der Waals surface area contributed by atoms with E-state index in [1.165, 1.54) is 28.4 Å². The number of H-pyrrole nitrogens is 1. The largest absolute Gasteiger partial charge is 0.374 e. The van der Waals surface area contributed by atoms with E-state index in [0.717, 1.165) is 11.5 Å². The van der Waals surface area contributed by atoms with Gasteiger partial charge >= 0.3 is 5.69 Å². The van der Waals surface area contributed by atoms with Gasteiger partial charge in [0.2, 0.25) is 0 Å². The minimum atomic E-state index is -0.451. The van der Waals surface area contributed by atoms with Crippen LogP contribution in [0, 0.1) is 0 Å². The molecule has 0 aliphatic carbocycles. The van der Waals surface area contributed by atoms with E-state index in [1.807, 2.05) is 6.92 Å². The Morgan fingerprint density at radius 3 is 3.06 bits per heavy atom. The predicted octanol–water partition coefficient (Wildman–Crippen LogP) is -0.132. The molecule has 2 N–H and O–H groups in total.